The fraction of sp³-hybridized carbons (Fsp3) is 0.375. The van der Waals surface area contributed by atoms with Gasteiger partial charge in [-0.2, -0.15) is 0 Å². The van der Waals surface area contributed by atoms with Crippen LogP contribution in [0.2, 0.25) is 0 Å². The lowest BCUT2D eigenvalue weighted by Gasteiger charge is -2.33. The zero-order chi connectivity index (χ0) is 17.2. The lowest BCUT2D eigenvalue weighted by molar-refractivity contribution is -0.132. The lowest BCUT2D eigenvalue weighted by Crippen LogP contribution is -2.48. The first-order valence-corrected chi connectivity index (χ1v) is 8.43. The Balaban J connectivity index is 1.80. The van der Waals surface area contributed by atoms with Gasteiger partial charge in [-0.1, -0.05) is 6.07 Å². The summed E-state index contributed by atoms with van der Waals surface area (Å²) >= 11 is 1.11. The number of aromatic nitrogens is 1. The second kappa shape index (κ2) is 6.92. The van der Waals surface area contributed by atoms with Crippen LogP contribution in [0.4, 0.5) is 13.9 Å². The molecule has 0 saturated carbocycles. The van der Waals surface area contributed by atoms with E-state index in [0.29, 0.717) is 13.0 Å². The van der Waals surface area contributed by atoms with Crippen molar-refractivity contribution in [1.29, 1.82) is 0 Å². The summed E-state index contributed by atoms with van der Waals surface area (Å²) in [5.74, 6) is -1.67. The summed E-state index contributed by atoms with van der Waals surface area (Å²) < 4.78 is 33.0. The molecule has 1 unspecified atom stereocenters. The zero-order valence-corrected chi connectivity index (χ0v) is 13.7. The molecule has 3 N–H and O–H groups in total. The molecule has 1 amide bonds. The van der Waals surface area contributed by atoms with E-state index in [2.05, 4.69) is 10.3 Å². The Labute approximate surface area is 141 Å². The van der Waals surface area contributed by atoms with Crippen molar-refractivity contribution >= 4 is 22.4 Å². The number of ether oxygens (including phenoxy) is 1. The fourth-order valence-electron chi connectivity index (χ4n) is 2.70. The van der Waals surface area contributed by atoms with Crippen molar-refractivity contribution in [3.05, 3.63) is 35.2 Å². The highest BCUT2D eigenvalue weighted by atomic mass is 32.1. The highest BCUT2D eigenvalue weighted by molar-refractivity contribution is 7.14. The summed E-state index contributed by atoms with van der Waals surface area (Å²) in [5.41, 5.74) is 4.93. The largest absolute Gasteiger partial charge is 0.380 e. The topological polar surface area (TPSA) is 77.2 Å². The third-order valence-electron chi connectivity index (χ3n) is 4.14. The molecule has 5 nitrogen and oxygen atoms in total. The van der Waals surface area contributed by atoms with E-state index >= 15 is 0 Å². The molecule has 1 aliphatic heterocycles. The van der Waals surface area contributed by atoms with Gasteiger partial charge in [-0.15, -0.1) is 11.3 Å². The van der Waals surface area contributed by atoms with Gasteiger partial charge in [0.1, 0.15) is 11.6 Å². The normalized spacial score (nSPS) is 20.8. The van der Waals surface area contributed by atoms with Gasteiger partial charge in [0.25, 0.3) is 0 Å². The van der Waals surface area contributed by atoms with E-state index in [9.17, 15) is 13.6 Å². The van der Waals surface area contributed by atoms with Gasteiger partial charge in [0, 0.05) is 18.5 Å². The van der Waals surface area contributed by atoms with Crippen molar-refractivity contribution in [3.63, 3.8) is 0 Å². The van der Waals surface area contributed by atoms with Crippen LogP contribution in [0.3, 0.4) is 0 Å². The Morgan fingerprint density at radius 3 is 2.79 bits per heavy atom. The Morgan fingerprint density at radius 1 is 1.42 bits per heavy atom. The number of carbonyl (C=O) groups is 1. The van der Waals surface area contributed by atoms with Gasteiger partial charge in [0.15, 0.2) is 5.13 Å². The molecule has 1 aromatic carbocycles. The highest BCUT2D eigenvalue weighted by Crippen LogP contribution is 2.32. The Hall–Kier alpha value is -1.90. The zero-order valence-electron chi connectivity index (χ0n) is 12.9. The van der Waals surface area contributed by atoms with Crippen molar-refractivity contribution in [2.24, 2.45) is 11.1 Å². The average Bonchev–Trinajstić information content (AvgIpc) is 3.03. The number of nitrogens with two attached hydrogens (primary N) is 1. The molecule has 1 fully saturated rings. The quantitative estimate of drug-likeness (QED) is 0.886. The third-order valence-corrected chi connectivity index (χ3v) is 4.90. The molecule has 128 valence electrons. The Morgan fingerprint density at radius 2 is 2.17 bits per heavy atom. The number of carbonyl (C=O) groups excluding carboxylic acids is 1. The van der Waals surface area contributed by atoms with Crippen LogP contribution in [0, 0.1) is 17.0 Å². The molecular formula is C16H17F2N3O2S. The standard InChI is InChI=1S/C16H17F2N3O2S/c17-10-3-1-4-11(18)13(10)12-7-24-15(20-12)21-14(22)16(8-19)5-2-6-23-9-16/h1,3-4,7H,2,5-6,8-9,19H2,(H,20,21,22). The van der Waals surface area contributed by atoms with E-state index in [-0.39, 0.29) is 35.4 Å². The fourth-order valence-corrected chi connectivity index (χ4v) is 3.40. The van der Waals surface area contributed by atoms with E-state index in [4.69, 9.17) is 10.5 Å². The first kappa shape index (κ1) is 16.9. The van der Waals surface area contributed by atoms with Gasteiger partial charge in [0.05, 0.1) is 23.3 Å². The molecule has 0 spiro atoms. The predicted molar refractivity (Wildman–Crippen MR) is 87.6 cm³/mol. The minimum atomic E-state index is -0.784. The summed E-state index contributed by atoms with van der Waals surface area (Å²) in [7, 11) is 0. The van der Waals surface area contributed by atoms with Gasteiger partial charge in [0.2, 0.25) is 5.91 Å². The molecule has 0 bridgehead atoms. The van der Waals surface area contributed by atoms with Crippen LogP contribution in [0.25, 0.3) is 11.3 Å². The molecule has 2 aromatic rings. The number of anilines is 1. The van der Waals surface area contributed by atoms with Gasteiger partial charge in [-0.3, -0.25) is 4.79 Å². The molecule has 2 heterocycles. The summed E-state index contributed by atoms with van der Waals surface area (Å²) in [6.07, 6.45) is 1.39. The number of hydrogen-bond donors (Lipinski definition) is 2. The van der Waals surface area contributed by atoms with Crippen LogP contribution in [-0.4, -0.2) is 30.6 Å². The third kappa shape index (κ3) is 3.17. The number of hydrogen-bond acceptors (Lipinski definition) is 5. The first-order valence-electron chi connectivity index (χ1n) is 7.55. The Kier molecular flexibility index (Phi) is 4.88. The highest BCUT2D eigenvalue weighted by Gasteiger charge is 2.39. The second-order valence-corrected chi connectivity index (χ2v) is 6.59. The van der Waals surface area contributed by atoms with E-state index in [1.807, 2.05) is 0 Å². The first-order chi connectivity index (χ1) is 11.6. The van der Waals surface area contributed by atoms with Crippen LogP contribution in [0.5, 0.6) is 0 Å². The predicted octanol–water partition coefficient (Wildman–Crippen LogP) is 2.78. The summed E-state index contributed by atoms with van der Waals surface area (Å²) in [6, 6.07) is 3.62. The summed E-state index contributed by atoms with van der Waals surface area (Å²) in [6.45, 7) is 1.04. The SMILES string of the molecule is NCC1(C(=O)Nc2nc(-c3c(F)cccc3F)cs2)CCCOC1. The van der Waals surface area contributed by atoms with Gasteiger partial charge in [-0.25, -0.2) is 13.8 Å². The van der Waals surface area contributed by atoms with Gasteiger partial charge in [-0.05, 0) is 25.0 Å². The number of nitrogens with one attached hydrogen (secondary N) is 1. The van der Waals surface area contributed by atoms with Gasteiger partial charge < -0.3 is 15.8 Å². The van der Waals surface area contributed by atoms with E-state index in [1.165, 1.54) is 23.6 Å². The molecule has 8 heteroatoms. The molecule has 24 heavy (non-hydrogen) atoms. The summed E-state index contributed by atoms with van der Waals surface area (Å²) in [5, 5.41) is 4.47. The average molecular weight is 353 g/mol. The molecule has 3 rings (SSSR count). The number of benzene rings is 1. The van der Waals surface area contributed by atoms with E-state index in [1.54, 1.807) is 0 Å². The smallest absolute Gasteiger partial charge is 0.235 e. The lowest BCUT2D eigenvalue weighted by atomic mass is 9.81. The minimum Gasteiger partial charge on any atom is -0.380 e. The maximum Gasteiger partial charge on any atom is 0.235 e. The summed E-state index contributed by atoms with van der Waals surface area (Å²) in [4.78, 5) is 16.7. The van der Waals surface area contributed by atoms with Crippen molar-refractivity contribution < 1.29 is 18.3 Å². The maximum absolute atomic E-state index is 13.8. The molecule has 1 saturated heterocycles. The Bertz CT molecular complexity index is 724. The number of nitrogens with zero attached hydrogens (tertiary/aromatic N) is 1. The number of thiazole rings is 1. The number of rotatable bonds is 4. The molecule has 0 radical (unpaired) electrons. The van der Waals surface area contributed by atoms with Crippen molar-refractivity contribution in [3.8, 4) is 11.3 Å². The van der Waals surface area contributed by atoms with Crippen LogP contribution in [0.1, 0.15) is 12.8 Å². The minimum absolute atomic E-state index is 0.146. The molecular weight excluding hydrogens is 336 g/mol. The van der Waals surface area contributed by atoms with Crippen LogP contribution in [-0.2, 0) is 9.53 Å². The second-order valence-electron chi connectivity index (χ2n) is 5.73. The molecule has 1 aromatic heterocycles. The van der Waals surface area contributed by atoms with Crippen molar-refractivity contribution in [1.82, 2.24) is 4.98 Å². The van der Waals surface area contributed by atoms with Crippen LogP contribution in [0.15, 0.2) is 23.6 Å². The number of amides is 1. The molecule has 0 aliphatic carbocycles. The molecule has 1 aliphatic rings. The van der Waals surface area contributed by atoms with Crippen molar-refractivity contribution in [2.75, 3.05) is 25.1 Å². The van der Waals surface area contributed by atoms with Crippen LogP contribution < -0.4 is 11.1 Å². The van der Waals surface area contributed by atoms with Crippen LogP contribution >= 0.6 is 11.3 Å². The molecule has 1 atom stereocenters. The monoisotopic (exact) mass is 353 g/mol. The number of halogens is 2. The van der Waals surface area contributed by atoms with Crippen molar-refractivity contribution in [2.45, 2.75) is 12.8 Å². The maximum atomic E-state index is 13.8. The van der Waals surface area contributed by atoms with E-state index < -0.39 is 17.0 Å². The van der Waals surface area contributed by atoms with Gasteiger partial charge >= 0.3 is 0 Å². The van der Waals surface area contributed by atoms with E-state index in [0.717, 1.165) is 17.8 Å².